The number of carbonyl (C=O) groups is 6. The molecular formula is C34H44N4O9. The lowest BCUT2D eigenvalue weighted by atomic mass is 9.98. The maximum atomic E-state index is 12.5. The number of ether oxygens (including phenoxy) is 3. The smallest absolute Gasteiger partial charge is 0.407 e. The van der Waals surface area contributed by atoms with Crippen molar-refractivity contribution in [3.8, 4) is 11.1 Å². The van der Waals surface area contributed by atoms with Gasteiger partial charge in [-0.1, -0.05) is 88.1 Å². The van der Waals surface area contributed by atoms with Crippen LogP contribution in [0.2, 0.25) is 0 Å². The monoisotopic (exact) mass is 652 g/mol. The van der Waals surface area contributed by atoms with Crippen molar-refractivity contribution < 1.29 is 43.0 Å². The summed E-state index contributed by atoms with van der Waals surface area (Å²) < 4.78 is 15.6. The summed E-state index contributed by atoms with van der Waals surface area (Å²) in [7, 11) is 0. The van der Waals surface area contributed by atoms with Gasteiger partial charge in [0.15, 0.2) is 0 Å². The van der Waals surface area contributed by atoms with Crippen LogP contribution in [0.15, 0.2) is 48.5 Å². The molecule has 3 rings (SSSR count). The molecule has 0 fully saturated rings. The molecule has 13 heteroatoms. The van der Waals surface area contributed by atoms with Crippen LogP contribution in [-0.2, 0) is 38.2 Å². The molecular weight excluding hydrogens is 608 g/mol. The van der Waals surface area contributed by atoms with E-state index in [0.717, 1.165) is 47.9 Å². The minimum atomic E-state index is -1.67. The zero-order valence-corrected chi connectivity index (χ0v) is 26.9. The standard InChI is InChI=1S/C34H44N4O9/c1-3-5-11-17-45-32(42)31(33(43)46-18-12-6-4-2)38-30(41)21-36-28(39)19-35-29(40)20-37-34(44)47-22-27-25-15-9-7-13-23(25)24-14-8-10-16-26(24)27/h7-10,13-16,27,31H,3-6,11-12,17-22H2,1-2H3,(H,35,40)(H,36,39)(H,37,44)(H,38,41). The van der Waals surface area contributed by atoms with Crippen LogP contribution in [0.1, 0.15) is 69.4 Å². The summed E-state index contributed by atoms with van der Waals surface area (Å²) in [6.07, 6.45) is 3.92. The normalized spacial score (nSPS) is 11.6. The molecule has 1 aliphatic rings. The predicted octanol–water partition coefficient (Wildman–Crippen LogP) is 2.71. The van der Waals surface area contributed by atoms with Crippen LogP contribution < -0.4 is 21.3 Å². The lowest BCUT2D eigenvalue weighted by Gasteiger charge is -2.17. The Bertz CT molecular complexity index is 1330. The number of amides is 4. The first kappa shape index (κ1) is 36.5. The molecule has 254 valence electrons. The minimum absolute atomic E-state index is 0.0833. The molecule has 4 amide bonds. The summed E-state index contributed by atoms with van der Waals surface area (Å²) >= 11 is 0. The molecule has 0 radical (unpaired) electrons. The third-order valence-electron chi connectivity index (χ3n) is 7.39. The minimum Gasteiger partial charge on any atom is -0.464 e. The summed E-state index contributed by atoms with van der Waals surface area (Å²) in [5.74, 6) is -4.23. The molecule has 2 aromatic rings. The van der Waals surface area contributed by atoms with Crippen LogP contribution in [-0.4, -0.2) is 81.3 Å². The van der Waals surface area contributed by atoms with Crippen LogP contribution in [0.4, 0.5) is 4.79 Å². The Morgan fingerprint density at radius 2 is 1.09 bits per heavy atom. The summed E-state index contributed by atoms with van der Waals surface area (Å²) in [5.41, 5.74) is 4.29. The molecule has 47 heavy (non-hydrogen) atoms. The summed E-state index contributed by atoms with van der Waals surface area (Å²) in [6.45, 7) is 2.75. The van der Waals surface area contributed by atoms with E-state index in [2.05, 4.69) is 21.3 Å². The van der Waals surface area contributed by atoms with Gasteiger partial charge in [-0.15, -0.1) is 0 Å². The highest BCUT2D eigenvalue weighted by Gasteiger charge is 2.32. The summed E-state index contributed by atoms with van der Waals surface area (Å²) in [5, 5.41) is 9.22. The molecule has 0 aromatic heterocycles. The SMILES string of the molecule is CCCCCOC(=O)C(NC(=O)CNC(=O)CNC(=O)CNC(=O)OCC1c2ccccc2-c2ccccc21)C(=O)OCCCCC. The number of fused-ring (bicyclic) bond motifs is 3. The van der Waals surface area contributed by atoms with Gasteiger partial charge in [0.1, 0.15) is 13.2 Å². The van der Waals surface area contributed by atoms with Crippen molar-refractivity contribution in [2.75, 3.05) is 39.5 Å². The highest BCUT2D eigenvalue weighted by atomic mass is 16.6. The quantitative estimate of drug-likeness (QED) is 0.0769. The first-order chi connectivity index (χ1) is 22.7. The molecule has 0 bridgehead atoms. The number of carbonyl (C=O) groups excluding carboxylic acids is 6. The van der Waals surface area contributed by atoms with E-state index in [4.69, 9.17) is 14.2 Å². The Labute approximate surface area is 274 Å². The van der Waals surface area contributed by atoms with E-state index in [1.807, 2.05) is 62.4 Å². The first-order valence-corrected chi connectivity index (χ1v) is 16.0. The van der Waals surface area contributed by atoms with E-state index in [0.29, 0.717) is 12.8 Å². The summed E-state index contributed by atoms with van der Waals surface area (Å²) in [4.78, 5) is 74.1. The van der Waals surface area contributed by atoms with Crippen LogP contribution in [0, 0.1) is 0 Å². The van der Waals surface area contributed by atoms with Crippen molar-refractivity contribution in [1.29, 1.82) is 0 Å². The van der Waals surface area contributed by atoms with E-state index >= 15 is 0 Å². The molecule has 0 aliphatic heterocycles. The number of nitrogens with one attached hydrogen (secondary N) is 4. The van der Waals surface area contributed by atoms with Gasteiger partial charge in [-0.2, -0.15) is 0 Å². The molecule has 0 spiro atoms. The van der Waals surface area contributed by atoms with Gasteiger partial charge in [-0.3, -0.25) is 14.4 Å². The van der Waals surface area contributed by atoms with Crippen molar-refractivity contribution >= 4 is 35.8 Å². The highest BCUT2D eigenvalue weighted by molar-refractivity contribution is 6.03. The molecule has 0 heterocycles. The van der Waals surface area contributed by atoms with Gasteiger partial charge < -0.3 is 35.5 Å². The average molecular weight is 653 g/mol. The molecule has 0 atom stereocenters. The Morgan fingerprint density at radius 3 is 1.60 bits per heavy atom. The van der Waals surface area contributed by atoms with E-state index in [1.165, 1.54) is 0 Å². The average Bonchev–Trinajstić information content (AvgIpc) is 3.40. The van der Waals surface area contributed by atoms with Crippen molar-refractivity contribution in [1.82, 2.24) is 21.3 Å². The predicted molar refractivity (Wildman–Crippen MR) is 172 cm³/mol. The fraction of sp³-hybridized carbons (Fsp3) is 0.471. The van der Waals surface area contributed by atoms with Crippen LogP contribution in [0.3, 0.4) is 0 Å². The lowest BCUT2D eigenvalue weighted by Crippen LogP contribution is -2.51. The second-order valence-corrected chi connectivity index (χ2v) is 11.0. The van der Waals surface area contributed by atoms with Crippen molar-refractivity contribution in [2.24, 2.45) is 0 Å². The Morgan fingerprint density at radius 1 is 0.617 bits per heavy atom. The fourth-order valence-electron chi connectivity index (χ4n) is 4.93. The van der Waals surface area contributed by atoms with Crippen molar-refractivity contribution in [3.63, 3.8) is 0 Å². The largest absolute Gasteiger partial charge is 0.464 e. The number of unbranched alkanes of at least 4 members (excludes halogenated alkanes) is 4. The van der Waals surface area contributed by atoms with Crippen LogP contribution in [0.5, 0.6) is 0 Å². The number of hydrogen-bond acceptors (Lipinski definition) is 9. The topological polar surface area (TPSA) is 178 Å². The van der Waals surface area contributed by atoms with E-state index in [1.54, 1.807) is 0 Å². The third-order valence-corrected chi connectivity index (χ3v) is 7.39. The maximum Gasteiger partial charge on any atom is 0.407 e. The molecule has 0 saturated heterocycles. The van der Waals surface area contributed by atoms with E-state index < -0.39 is 61.4 Å². The molecule has 13 nitrogen and oxygen atoms in total. The van der Waals surface area contributed by atoms with Crippen LogP contribution in [0.25, 0.3) is 11.1 Å². The molecule has 4 N–H and O–H groups in total. The van der Waals surface area contributed by atoms with Crippen molar-refractivity contribution in [2.45, 2.75) is 64.3 Å². The molecule has 2 aromatic carbocycles. The molecule has 0 saturated carbocycles. The third kappa shape index (κ3) is 11.7. The van der Waals surface area contributed by atoms with E-state index in [-0.39, 0.29) is 25.7 Å². The Balaban J connectivity index is 1.36. The number of esters is 2. The molecule has 1 aliphatic carbocycles. The van der Waals surface area contributed by atoms with E-state index in [9.17, 15) is 28.8 Å². The Kier molecular flexibility index (Phi) is 15.2. The van der Waals surface area contributed by atoms with Gasteiger partial charge in [0.25, 0.3) is 0 Å². The zero-order chi connectivity index (χ0) is 34.0. The number of hydrogen-bond donors (Lipinski definition) is 4. The highest BCUT2D eigenvalue weighted by Crippen LogP contribution is 2.44. The maximum absolute atomic E-state index is 12.5. The van der Waals surface area contributed by atoms with Crippen LogP contribution >= 0.6 is 0 Å². The van der Waals surface area contributed by atoms with Gasteiger partial charge >= 0.3 is 18.0 Å². The number of rotatable bonds is 19. The molecule has 0 unspecified atom stereocenters. The first-order valence-electron chi connectivity index (χ1n) is 16.0. The van der Waals surface area contributed by atoms with Gasteiger partial charge in [0, 0.05) is 5.92 Å². The van der Waals surface area contributed by atoms with Crippen molar-refractivity contribution in [3.05, 3.63) is 59.7 Å². The fourth-order valence-corrected chi connectivity index (χ4v) is 4.93. The van der Waals surface area contributed by atoms with Gasteiger partial charge in [0.2, 0.25) is 23.8 Å². The number of alkyl carbamates (subject to hydrolysis) is 1. The second-order valence-electron chi connectivity index (χ2n) is 11.0. The summed E-state index contributed by atoms with van der Waals surface area (Å²) in [6, 6.07) is 14.1. The van der Waals surface area contributed by atoms with Gasteiger partial charge in [-0.25, -0.2) is 14.4 Å². The second kappa shape index (κ2) is 19.5. The Hall–Kier alpha value is -4.94. The lowest BCUT2D eigenvalue weighted by molar-refractivity contribution is -0.160. The van der Waals surface area contributed by atoms with Gasteiger partial charge in [0.05, 0.1) is 26.3 Å². The van der Waals surface area contributed by atoms with Gasteiger partial charge in [-0.05, 0) is 35.1 Å². The number of benzene rings is 2. The zero-order valence-electron chi connectivity index (χ0n) is 26.9.